The molecular weight excluding hydrogens is 433 g/mol. The number of nitrogens with one attached hydrogen (secondary N) is 1. The summed E-state index contributed by atoms with van der Waals surface area (Å²) in [5.74, 6) is -0.176. The molecule has 1 N–H and O–H groups in total. The van der Waals surface area contributed by atoms with Crippen molar-refractivity contribution in [2.75, 3.05) is 18.4 Å². The Bertz CT molecular complexity index is 1200. The standard InChI is InChI=1S/C28H29ClFN3/c1-21-9-11-25(30)17-23(21)20-33(19-22-7-3-2-4-8-22)16-6-5-14-31-27-13-15-32-28-18-24(29)10-12-26(27)28/h2-4,7-13,15,17-18H,5-6,14,16,19-20H2,1H3,(H,31,32). The summed E-state index contributed by atoms with van der Waals surface area (Å²) in [5.41, 5.74) is 5.42. The number of benzene rings is 3. The first kappa shape index (κ1) is 23.2. The number of halogens is 2. The van der Waals surface area contributed by atoms with E-state index < -0.39 is 0 Å². The van der Waals surface area contributed by atoms with E-state index >= 15 is 0 Å². The van der Waals surface area contributed by atoms with Gasteiger partial charge in [0.25, 0.3) is 0 Å². The fraction of sp³-hybridized carbons (Fsp3) is 0.250. The summed E-state index contributed by atoms with van der Waals surface area (Å²) < 4.78 is 13.8. The SMILES string of the molecule is Cc1ccc(F)cc1CN(CCCCNc1ccnc2cc(Cl)ccc12)Cc1ccccc1. The number of aryl methyl sites for hydroxylation is 1. The van der Waals surface area contributed by atoms with Crippen molar-refractivity contribution < 1.29 is 4.39 Å². The molecule has 5 heteroatoms. The van der Waals surface area contributed by atoms with Crippen LogP contribution in [0.15, 0.2) is 79.0 Å². The van der Waals surface area contributed by atoms with Gasteiger partial charge in [-0.3, -0.25) is 9.88 Å². The lowest BCUT2D eigenvalue weighted by Gasteiger charge is -2.24. The van der Waals surface area contributed by atoms with Gasteiger partial charge < -0.3 is 5.32 Å². The van der Waals surface area contributed by atoms with Gasteiger partial charge in [-0.15, -0.1) is 0 Å². The summed E-state index contributed by atoms with van der Waals surface area (Å²) in [5, 5.41) is 5.32. The van der Waals surface area contributed by atoms with E-state index in [2.05, 4.69) is 39.5 Å². The molecule has 0 radical (unpaired) electrons. The summed E-state index contributed by atoms with van der Waals surface area (Å²) in [6, 6.07) is 23.3. The second-order valence-electron chi connectivity index (χ2n) is 8.42. The highest BCUT2D eigenvalue weighted by Gasteiger charge is 2.10. The highest BCUT2D eigenvalue weighted by atomic mass is 35.5. The van der Waals surface area contributed by atoms with Crippen molar-refractivity contribution in [3.8, 4) is 0 Å². The Labute approximate surface area is 200 Å². The number of hydrogen-bond donors (Lipinski definition) is 1. The van der Waals surface area contributed by atoms with Crippen LogP contribution in [0.3, 0.4) is 0 Å². The van der Waals surface area contributed by atoms with Crippen LogP contribution < -0.4 is 5.32 Å². The minimum atomic E-state index is -0.176. The van der Waals surface area contributed by atoms with Gasteiger partial charge in [-0.05, 0) is 79.4 Å². The molecule has 0 aliphatic heterocycles. The van der Waals surface area contributed by atoms with Crippen LogP contribution in [-0.2, 0) is 13.1 Å². The van der Waals surface area contributed by atoms with Crippen LogP contribution in [0.25, 0.3) is 10.9 Å². The third kappa shape index (κ3) is 6.53. The Morgan fingerprint density at radius 2 is 1.79 bits per heavy atom. The van der Waals surface area contributed by atoms with Gasteiger partial charge in [0.2, 0.25) is 0 Å². The fourth-order valence-electron chi connectivity index (χ4n) is 4.07. The first-order valence-electron chi connectivity index (χ1n) is 11.4. The topological polar surface area (TPSA) is 28.2 Å². The van der Waals surface area contributed by atoms with Crippen LogP contribution in [-0.4, -0.2) is 23.0 Å². The molecule has 0 spiro atoms. The highest BCUT2D eigenvalue weighted by Crippen LogP contribution is 2.24. The maximum atomic E-state index is 13.8. The summed E-state index contributed by atoms with van der Waals surface area (Å²) in [6.07, 6.45) is 3.89. The molecule has 0 amide bonds. The molecule has 4 rings (SSSR count). The molecule has 0 unspecified atom stereocenters. The van der Waals surface area contributed by atoms with Gasteiger partial charge in [-0.25, -0.2) is 4.39 Å². The predicted octanol–water partition coefficient (Wildman–Crippen LogP) is 7.23. The number of rotatable bonds is 10. The van der Waals surface area contributed by atoms with E-state index in [-0.39, 0.29) is 5.82 Å². The molecule has 1 heterocycles. The smallest absolute Gasteiger partial charge is 0.123 e. The van der Waals surface area contributed by atoms with Gasteiger partial charge in [0, 0.05) is 41.9 Å². The first-order valence-corrected chi connectivity index (χ1v) is 11.8. The zero-order valence-corrected chi connectivity index (χ0v) is 19.7. The molecule has 170 valence electrons. The lowest BCUT2D eigenvalue weighted by atomic mass is 10.1. The average Bonchev–Trinajstić information content (AvgIpc) is 2.81. The number of fused-ring (bicyclic) bond motifs is 1. The maximum Gasteiger partial charge on any atom is 0.123 e. The summed E-state index contributed by atoms with van der Waals surface area (Å²) in [6.45, 7) is 5.45. The molecule has 0 atom stereocenters. The third-order valence-electron chi connectivity index (χ3n) is 5.88. The Morgan fingerprint density at radius 1 is 0.939 bits per heavy atom. The minimum absolute atomic E-state index is 0.176. The van der Waals surface area contributed by atoms with E-state index in [0.29, 0.717) is 5.02 Å². The van der Waals surface area contributed by atoms with Crippen molar-refractivity contribution in [3.05, 3.63) is 107 Å². The predicted molar refractivity (Wildman–Crippen MR) is 136 cm³/mol. The van der Waals surface area contributed by atoms with Crippen molar-refractivity contribution >= 4 is 28.2 Å². The van der Waals surface area contributed by atoms with E-state index in [0.717, 1.165) is 66.7 Å². The van der Waals surface area contributed by atoms with Crippen molar-refractivity contribution in [1.82, 2.24) is 9.88 Å². The Kier molecular flexibility index (Phi) is 7.92. The zero-order chi connectivity index (χ0) is 23.0. The lowest BCUT2D eigenvalue weighted by Crippen LogP contribution is -2.25. The molecule has 0 saturated carbocycles. The van der Waals surface area contributed by atoms with Crippen LogP contribution in [0.1, 0.15) is 29.5 Å². The number of pyridine rings is 1. The number of unbranched alkanes of at least 4 members (excludes halogenated alkanes) is 1. The fourth-order valence-corrected chi connectivity index (χ4v) is 4.23. The summed E-state index contributed by atoms with van der Waals surface area (Å²) in [4.78, 5) is 6.81. The number of aromatic nitrogens is 1. The second kappa shape index (κ2) is 11.3. The van der Waals surface area contributed by atoms with E-state index in [9.17, 15) is 4.39 Å². The molecule has 3 nitrogen and oxygen atoms in total. The van der Waals surface area contributed by atoms with Gasteiger partial charge in [0.1, 0.15) is 5.82 Å². The van der Waals surface area contributed by atoms with Gasteiger partial charge in [-0.2, -0.15) is 0 Å². The summed E-state index contributed by atoms with van der Waals surface area (Å²) in [7, 11) is 0. The van der Waals surface area contributed by atoms with Gasteiger partial charge in [0.05, 0.1) is 5.52 Å². The molecule has 0 aliphatic rings. The van der Waals surface area contributed by atoms with E-state index in [1.165, 1.54) is 11.6 Å². The van der Waals surface area contributed by atoms with E-state index in [4.69, 9.17) is 11.6 Å². The van der Waals surface area contributed by atoms with Gasteiger partial charge in [0.15, 0.2) is 0 Å². The Balaban J connectivity index is 1.35. The average molecular weight is 462 g/mol. The van der Waals surface area contributed by atoms with Crippen molar-refractivity contribution in [2.45, 2.75) is 32.9 Å². The summed E-state index contributed by atoms with van der Waals surface area (Å²) >= 11 is 6.09. The van der Waals surface area contributed by atoms with Gasteiger partial charge in [-0.1, -0.05) is 48.0 Å². The molecule has 0 saturated heterocycles. The monoisotopic (exact) mass is 461 g/mol. The van der Waals surface area contributed by atoms with Crippen LogP contribution in [0.5, 0.6) is 0 Å². The van der Waals surface area contributed by atoms with Crippen molar-refractivity contribution in [3.63, 3.8) is 0 Å². The molecule has 33 heavy (non-hydrogen) atoms. The maximum absolute atomic E-state index is 13.8. The highest BCUT2D eigenvalue weighted by molar-refractivity contribution is 6.31. The van der Waals surface area contributed by atoms with Crippen LogP contribution in [0.2, 0.25) is 5.02 Å². The Hall–Kier alpha value is -2.95. The van der Waals surface area contributed by atoms with Gasteiger partial charge >= 0.3 is 0 Å². The number of nitrogens with zero attached hydrogens (tertiary/aromatic N) is 2. The van der Waals surface area contributed by atoms with E-state index in [1.54, 1.807) is 6.07 Å². The molecule has 0 fully saturated rings. The Morgan fingerprint density at radius 3 is 2.64 bits per heavy atom. The quantitative estimate of drug-likeness (QED) is 0.252. The molecular formula is C28H29ClFN3. The lowest BCUT2D eigenvalue weighted by molar-refractivity contribution is 0.251. The second-order valence-corrected chi connectivity index (χ2v) is 8.86. The first-order chi connectivity index (χ1) is 16.1. The third-order valence-corrected chi connectivity index (χ3v) is 6.11. The molecule has 0 bridgehead atoms. The largest absolute Gasteiger partial charge is 0.384 e. The van der Waals surface area contributed by atoms with Crippen LogP contribution >= 0.6 is 11.6 Å². The molecule has 4 aromatic rings. The number of anilines is 1. The normalized spacial score (nSPS) is 11.3. The zero-order valence-electron chi connectivity index (χ0n) is 18.9. The van der Waals surface area contributed by atoms with Crippen molar-refractivity contribution in [2.24, 2.45) is 0 Å². The number of hydrogen-bond acceptors (Lipinski definition) is 3. The van der Waals surface area contributed by atoms with E-state index in [1.807, 2.05) is 49.5 Å². The molecule has 1 aromatic heterocycles. The molecule has 3 aromatic carbocycles. The minimum Gasteiger partial charge on any atom is -0.384 e. The van der Waals surface area contributed by atoms with Crippen LogP contribution in [0, 0.1) is 12.7 Å². The van der Waals surface area contributed by atoms with Crippen LogP contribution in [0.4, 0.5) is 10.1 Å². The molecule has 0 aliphatic carbocycles. The van der Waals surface area contributed by atoms with Crippen molar-refractivity contribution in [1.29, 1.82) is 0 Å².